The van der Waals surface area contributed by atoms with E-state index in [1.165, 1.54) is 7.11 Å². The van der Waals surface area contributed by atoms with Crippen molar-refractivity contribution in [2.45, 2.75) is 6.42 Å². The molecule has 2 aromatic carbocycles. The summed E-state index contributed by atoms with van der Waals surface area (Å²) in [6.07, 6.45) is 0.235. The molecule has 0 spiro atoms. The third-order valence-corrected chi connectivity index (χ3v) is 3.08. The van der Waals surface area contributed by atoms with Gasteiger partial charge in [0.25, 0.3) is 0 Å². The number of esters is 1. The molecule has 0 aliphatic carbocycles. The third kappa shape index (κ3) is 4.33. The fourth-order valence-corrected chi connectivity index (χ4v) is 2.06. The van der Waals surface area contributed by atoms with Crippen LogP contribution >= 0.6 is 11.6 Å². The van der Waals surface area contributed by atoms with Crippen molar-refractivity contribution in [3.05, 3.63) is 64.7 Å². The van der Waals surface area contributed by atoms with Gasteiger partial charge in [0, 0.05) is 10.7 Å². The van der Waals surface area contributed by atoms with Crippen molar-refractivity contribution >= 4 is 29.2 Å². The molecule has 21 heavy (non-hydrogen) atoms. The van der Waals surface area contributed by atoms with Crippen LogP contribution in [0.25, 0.3) is 0 Å². The minimum atomic E-state index is -0.410. The van der Waals surface area contributed by atoms with E-state index in [1.807, 2.05) is 6.07 Å². The van der Waals surface area contributed by atoms with Gasteiger partial charge in [-0.05, 0) is 42.0 Å². The average Bonchev–Trinajstić information content (AvgIpc) is 2.47. The first-order chi connectivity index (χ1) is 10.1. The maximum absolute atomic E-state index is 11.9. The third-order valence-electron chi connectivity index (χ3n) is 2.84. The first-order valence-corrected chi connectivity index (χ1v) is 6.69. The van der Waals surface area contributed by atoms with Crippen LogP contribution in [0.1, 0.15) is 15.9 Å². The summed E-state index contributed by atoms with van der Waals surface area (Å²) in [7, 11) is 1.32. The lowest BCUT2D eigenvalue weighted by Crippen LogP contribution is -2.14. The minimum absolute atomic E-state index is 0.150. The number of amides is 1. The average molecular weight is 304 g/mol. The van der Waals surface area contributed by atoms with Crippen LogP contribution in [0.15, 0.2) is 48.5 Å². The molecule has 0 aliphatic rings. The van der Waals surface area contributed by atoms with Crippen LogP contribution in [0.4, 0.5) is 5.69 Å². The van der Waals surface area contributed by atoms with E-state index >= 15 is 0 Å². The lowest BCUT2D eigenvalue weighted by Gasteiger charge is -2.06. The lowest BCUT2D eigenvalue weighted by molar-refractivity contribution is -0.115. The molecule has 0 aliphatic heterocycles. The molecule has 0 radical (unpaired) electrons. The van der Waals surface area contributed by atoms with E-state index in [-0.39, 0.29) is 12.3 Å². The zero-order chi connectivity index (χ0) is 15.2. The molecule has 0 heterocycles. The van der Waals surface area contributed by atoms with Crippen molar-refractivity contribution in [2.75, 3.05) is 12.4 Å². The summed E-state index contributed by atoms with van der Waals surface area (Å²) in [4.78, 5) is 23.2. The molecule has 2 rings (SSSR count). The Bertz CT molecular complexity index is 653. The Hall–Kier alpha value is -2.33. The molecular weight excluding hydrogens is 290 g/mol. The number of methoxy groups -OCH3 is 1. The molecule has 0 atom stereocenters. The number of ether oxygens (including phenoxy) is 1. The van der Waals surface area contributed by atoms with Gasteiger partial charge in [-0.15, -0.1) is 0 Å². The highest BCUT2D eigenvalue weighted by atomic mass is 35.5. The molecular formula is C16H14ClNO3. The summed E-state index contributed by atoms with van der Waals surface area (Å²) in [5.74, 6) is -0.560. The van der Waals surface area contributed by atoms with E-state index in [0.717, 1.165) is 5.56 Å². The summed E-state index contributed by atoms with van der Waals surface area (Å²) in [6.45, 7) is 0. The van der Waals surface area contributed by atoms with E-state index in [4.69, 9.17) is 11.6 Å². The van der Waals surface area contributed by atoms with Gasteiger partial charge in [0.1, 0.15) is 0 Å². The van der Waals surface area contributed by atoms with Crippen LogP contribution in [0.2, 0.25) is 5.02 Å². The van der Waals surface area contributed by atoms with E-state index in [2.05, 4.69) is 10.1 Å². The van der Waals surface area contributed by atoms with Crippen molar-refractivity contribution < 1.29 is 14.3 Å². The predicted octanol–water partition coefficient (Wildman–Crippen LogP) is 3.31. The van der Waals surface area contributed by atoms with Crippen molar-refractivity contribution in [3.8, 4) is 0 Å². The molecule has 108 valence electrons. The number of rotatable bonds is 4. The minimum Gasteiger partial charge on any atom is -0.465 e. The monoisotopic (exact) mass is 303 g/mol. The number of anilines is 1. The standard InChI is InChI=1S/C16H14ClNO3/c1-21-16(20)12-5-7-14(8-6-12)18-15(19)10-11-3-2-4-13(17)9-11/h2-9H,10H2,1H3,(H,18,19). The van der Waals surface area contributed by atoms with Crippen LogP contribution < -0.4 is 5.32 Å². The van der Waals surface area contributed by atoms with E-state index in [9.17, 15) is 9.59 Å². The molecule has 4 nitrogen and oxygen atoms in total. The molecule has 0 fully saturated rings. The second-order valence-corrected chi connectivity index (χ2v) is 4.86. The highest BCUT2D eigenvalue weighted by Gasteiger charge is 2.07. The number of nitrogens with one attached hydrogen (secondary N) is 1. The van der Waals surface area contributed by atoms with Crippen molar-refractivity contribution in [1.82, 2.24) is 0 Å². The molecule has 0 aromatic heterocycles. The topological polar surface area (TPSA) is 55.4 Å². The van der Waals surface area contributed by atoms with Gasteiger partial charge in [-0.3, -0.25) is 4.79 Å². The molecule has 5 heteroatoms. The first-order valence-electron chi connectivity index (χ1n) is 6.31. The molecule has 0 bridgehead atoms. The summed E-state index contributed by atoms with van der Waals surface area (Å²) in [5, 5.41) is 3.36. The SMILES string of the molecule is COC(=O)c1ccc(NC(=O)Cc2cccc(Cl)c2)cc1. The molecule has 1 N–H and O–H groups in total. The van der Waals surface area contributed by atoms with Gasteiger partial charge >= 0.3 is 5.97 Å². The van der Waals surface area contributed by atoms with E-state index in [1.54, 1.807) is 42.5 Å². The van der Waals surface area contributed by atoms with Gasteiger partial charge in [0.15, 0.2) is 0 Å². The second kappa shape index (κ2) is 6.90. The van der Waals surface area contributed by atoms with Crippen LogP contribution in [0.3, 0.4) is 0 Å². The number of halogens is 1. The van der Waals surface area contributed by atoms with Gasteiger partial charge in [-0.2, -0.15) is 0 Å². The summed E-state index contributed by atoms with van der Waals surface area (Å²) >= 11 is 5.87. The molecule has 0 saturated heterocycles. The lowest BCUT2D eigenvalue weighted by atomic mass is 10.1. The number of hydrogen-bond acceptors (Lipinski definition) is 3. The van der Waals surface area contributed by atoms with Crippen LogP contribution in [-0.4, -0.2) is 19.0 Å². The fourth-order valence-electron chi connectivity index (χ4n) is 1.84. The maximum Gasteiger partial charge on any atom is 0.337 e. The molecule has 0 unspecified atom stereocenters. The number of carbonyl (C=O) groups is 2. The summed E-state index contributed by atoms with van der Waals surface area (Å²) in [6, 6.07) is 13.7. The molecule has 2 aromatic rings. The predicted molar refractivity (Wildman–Crippen MR) is 81.6 cm³/mol. The van der Waals surface area contributed by atoms with Crippen LogP contribution in [0.5, 0.6) is 0 Å². The van der Waals surface area contributed by atoms with Crippen molar-refractivity contribution in [2.24, 2.45) is 0 Å². The Kier molecular flexibility index (Phi) is 4.95. The van der Waals surface area contributed by atoms with Gasteiger partial charge < -0.3 is 10.1 Å². The largest absolute Gasteiger partial charge is 0.465 e. The van der Waals surface area contributed by atoms with Crippen LogP contribution in [0, 0.1) is 0 Å². The number of carbonyl (C=O) groups excluding carboxylic acids is 2. The maximum atomic E-state index is 11.9. The summed E-state index contributed by atoms with van der Waals surface area (Å²) < 4.78 is 4.61. The fraction of sp³-hybridized carbons (Fsp3) is 0.125. The second-order valence-electron chi connectivity index (χ2n) is 4.42. The smallest absolute Gasteiger partial charge is 0.337 e. The highest BCUT2D eigenvalue weighted by molar-refractivity contribution is 6.30. The van der Waals surface area contributed by atoms with Gasteiger partial charge in [-0.1, -0.05) is 23.7 Å². The summed E-state index contributed by atoms with van der Waals surface area (Å²) in [5.41, 5.74) is 1.89. The van der Waals surface area contributed by atoms with Crippen molar-refractivity contribution in [3.63, 3.8) is 0 Å². The Labute approximate surface area is 127 Å². The number of hydrogen-bond donors (Lipinski definition) is 1. The van der Waals surface area contributed by atoms with Gasteiger partial charge in [0.05, 0.1) is 19.1 Å². The molecule has 0 saturated carbocycles. The molecule has 1 amide bonds. The number of benzene rings is 2. The highest BCUT2D eigenvalue weighted by Crippen LogP contribution is 2.13. The Morgan fingerprint density at radius 1 is 1.14 bits per heavy atom. The van der Waals surface area contributed by atoms with E-state index in [0.29, 0.717) is 16.3 Å². The Morgan fingerprint density at radius 2 is 1.86 bits per heavy atom. The zero-order valence-electron chi connectivity index (χ0n) is 11.4. The first kappa shape index (κ1) is 15.1. The van der Waals surface area contributed by atoms with E-state index < -0.39 is 5.97 Å². The Morgan fingerprint density at radius 3 is 2.48 bits per heavy atom. The zero-order valence-corrected chi connectivity index (χ0v) is 12.2. The quantitative estimate of drug-likeness (QED) is 0.882. The normalized spacial score (nSPS) is 10.0. The van der Waals surface area contributed by atoms with Gasteiger partial charge in [-0.25, -0.2) is 4.79 Å². The Balaban J connectivity index is 1.98. The van der Waals surface area contributed by atoms with Crippen molar-refractivity contribution in [1.29, 1.82) is 0 Å². The van der Waals surface area contributed by atoms with Crippen LogP contribution in [-0.2, 0) is 16.0 Å². The van der Waals surface area contributed by atoms with Gasteiger partial charge in [0.2, 0.25) is 5.91 Å².